The maximum atomic E-state index is 5.46. The van der Waals surface area contributed by atoms with Crippen molar-refractivity contribution in [1.29, 1.82) is 0 Å². The largest absolute Gasteiger partial charge is 0.376 e. The summed E-state index contributed by atoms with van der Waals surface area (Å²) in [6.45, 7) is 5.67. The minimum absolute atomic E-state index is 0.579. The van der Waals surface area contributed by atoms with E-state index in [9.17, 15) is 0 Å². The predicted molar refractivity (Wildman–Crippen MR) is 51.0 cm³/mol. The number of nitrogens with two attached hydrogens (primary N) is 1. The van der Waals surface area contributed by atoms with Gasteiger partial charge in [0.05, 0.1) is 11.5 Å². The summed E-state index contributed by atoms with van der Waals surface area (Å²) in [4.78, 5) is 5.02. The van der Waals surface area contributed by atoms with Crippen LogP contribution in [-0.2, 0) is 11.3 Å². The Morgan fingerprint density at radius 1 is 1.67 bits per heavy atom. The number of thiazole rings is 1. The molecule has 0 unspecified atom stereocenters. The minimum atomic E-state index is 0.579. The Morgan fingerprint density at radius 2 is 2.42 bits per heavy atom. The first-order valence-corrected chi connectivity index (χ1v) is 4.78. The average molecular weight is 186 g/mol. The molecule has 0 saturated carbocycles. The van der Waals surface area contributed by atoms with Crippen LogP contribution >= 0.6 is 11.3 Å². The quantitative estimate of drug-likeness (QED) is 0.781. The lowest BCUT2D eigenvalue weighted by molar-refractivity contribution is 0.0988. The molecule has 0 spiro atoms. The van der Waals surface area contributed by atoms with Crippen LogP contribution < -0.4 is 5.73 Å². The first kappa shape index (κ1) is 9.48. The molecule has 3 nitrogen and oxygen atoms in total. The number of rotatable bonds is 4. The van der Waals surface area contributed by atoms with E-state index in [2.05, 4.69) is 18.8 Å². The van der Waals surface area contributed by atoms with Gasteiger partial charge in [-0.15, -0.1) is 0 Å². The van der Waals surface area contributed by atoms with Crippen LogP contribution in [0.2, 0.25) is 0 Å². The molecule has 0 aromatic carbocycles. The smallest absolute Gasteiger partial charge is 0.180 e. The molecule has 0 bridgehead atoms. The van der Waals surface area contributed by atoms with Crippen molar-refractivity contribution in [2.45, 2.75) is 20.5 Å². The van der Waals surface area contributed by atoms with Crippen LogP contribution in [0.1, 0.15) is 18.7 Å². The molecule has 0 atom stereocenters. The molecule has 1 rings (SSSR count). The fourth-order valence-electron chi connectivity index (χ4n) is 0.785. The van der Waals surface area contributed by atoms with Gasteiger partial charge in [-0.2, -0.15) is 0 Å². The molecule has 0 aliphatic heterocycles. The lowest BCUT2D eigenvalue weighted by Gasteiger charge is -2.03. The molecule has 0 saturated heterocycles. The highest BCUT2D eigenvalue weighted by molar-refractivity contribution is 7.15. The molecule has 0 radical (unpaired) electrons. The Morgan fingerprint density at radius 3 is 2.92 bits per heavy atom. The topological polar surface area (TPSA) is 48.1 Å². The van der Waals surface area contributed by atoms with Gasteiger partial charge in [-0.05, 0) is 5.92 Å². The van der Waals surface area contributed by atoms with Crippen LogP contribution in [0.15, 0.2) is 6.20 Å². The Balaban J connectivity index is 2.24. The zero-order valence-electron chi connectivity index (χ0n) is 7.41. The van der Waals surface area contributed by atoms with Crippen molar-refractivity contribution in [2.24, 2.45) is 5.92 Å². The van der Waals surface area contributed by atoms with Crippen molar-refractivity contribution in [3.05, 3.63) is 11.1 Å². The predicted octanol–water partition coefficient (Wildman–Crippen LogP) is 1.90. The Bertz CT molecular complexity index is 235. The van der Waals surface area contributed by atoms with E-state index in [0.29, 0.717) is 17.7 Å². The highest BCUT2D eigenvalue weighted by Crippen LogP contribution is 2.15. The molecule has 0 aliphatic carbocycles. The zero-order valence-corrected chi connectivity index (χ0v) is 8.23. The monoisotopic (exact) mass is 186 g/mol. The van der Waals surface area contributed by atoms with E-state index < -0.39 is 0 Å². The Labute approximate surface area is 76.6 Å². The van der Waals surface area contributed by atoms with Gasteiger partial charge in [0.15, 0.2) is 5.13 Å². The van der Waals surface area contributed by atoms with Crippen molar-refractivity contribution in [3.8, 4) is 0 Å². The molecule has 0 fully saturated rings. The molecule has 0 amide bonds. The van der Waals surface area contributed by atoms with Gasteiger partial charge in [-0.25, -0.2) is 4.98 Å². The number of hydrogen-bond acceptors (Lipinski definition) is 4. The van der Waals surface area contributed by atoms with Crippen molar-refractivity contribution in [2.75, 3.05) is 12.3 Å². The molecule has 2 N–H and O–H groups in total. The van der Waals surface area contributed by atoms with Gasteiger partial charge < -0.3 is 10.5 Å². The van der Waals surface area contributed by atoms with E-state index in [-0.39, 0.29) is 0 Å². The second-order valence-electron chi connectivity index (χ2n) is 3.07. The van der Waals surface area contributed by atoms with E-state index in [1.165, 1.54) is 11.3 Å². The molecule has 68 valence electrons. The number of hydrogen-bond donors (Lipinski definition) is 1. The normalized spacial score (nSPS) is 10.9. The van der Waals surface area contributed by atoms with Crippen LogP contribution in [0, 0.1) is 5.92 Å². The third-order valence-electron chi connectivity index (χ3n) is 1.27. The third-order valence-corrected chi connectivity index (χ3v) is 2.07. The van der Waals surface area contributed by atoms with Gasteiger partial charge in [-0.1, -0.05) is 25.2 Å². The molecule has 1 aromatic heterocycles. The molecular weight excluding hydrogens is 172 g/mol. The number of nitrogens with zero attached hydrogens (tertiary/aromatic N) is 1. The maximum Gasteiger partial charge on any atom is 0.180 e. The van der Waals surface area contributed by atoms with E-state index in [1.807, 2.05) is 0 Å². The van der Waals surface area contributed by atoms with E-state index in [4.69, 9.17) is 10.5 Å². The van der Waals surface area contributed by atoms with Crippen LogP contribution in [0.25, 0.3) is 0 Å². The maximum absolute atomic E-state index is 5.46. The van der Waals surface area contributed by atoms with Crippen LogP contribution in [0.4, 0.5) is 5.13 Å². The van der Waals surface area contributed by atoms with Gasteiger partial charge in [0.1, 0.15) is 0 Å². The lowest BCUT2D eigenvalue weighted by Crippen LogP contribution is -2.00. The number of ether oxygens (including phenoxy) is 1. The number of anilines is 1. The summed E-state index contributed by atoms with van der Waals surface area (Å²) in [5.74, 6) is 0.579. The molecule has 12 heavy (non-hydrogen) atoms. The van der Waals surface area contributed by atoms with Crippen molar-refractivity contribution < 1.29 is 4.74 Å². The lowest BCUT2D eigenvalue weighted by atomic mass is 10.2. The van der Waals surface area contributed by atoms with Crippen molar-refractivity contribution >= 4 is 16.5 Å². The minimum Gasteiger partial charge on any atom is -0.376 e. The van der Waals surface area contributed by atoms with Gasteiger partial charge in [0, 0.05) is 12.8 Å². The molecule has 1 aromatic rings. The molecule has 4 heteroatoms. The van der Waals surface area contributed by atoms with Crippen LogP contribution in [0.5, 0.6) is 0 Å². The zero-order chi connectivity index (χ0) is 8.97. The van der Waals surface area contributed by atoms with Gasteiger partial charge in [-0.3, -0.25) is 0 Å². The number of aromatic nitrogens is 1. The first-order valence-electron chi connectivity index (χ1n) is 3.96. The summed E-state index contributed by atoms with van der Waals surface area (Å²) >= 11 is 1.48. The summed E-state index contributed by atoms with van der Waals surface area (Å²) in [7, 11) is 0. The summed E-state index contributed by atoms with van der Waals surface area (Å²) in [5, 5.41) is 0.609. The van der Waals surface area contributed by atoms with Gasteiger partial charge >= 0.3 is 0 Å². The van der Waals surface area contributed by atoms with Crippen LogP contribution in [-0.4, -0.2) is 11.6 Å². The average Bonchev–Trinajstić information content (AvgIpc) is 2.35. The fraction of sp³-hybridized carbons (Fsp3) is 0.625. The van der Waals surface area contributed by atoms with Crippen LogP contribution in [0.3, 0.4) is 0 Å². The van der Waals surface area contributed by atoms with Gasteiger partial charge in [0.25, 0.3) is 0 Å². The summed E-state index contributed by atoms with van der Waals surface area (Å²) in [5.41, 5.74) is 5.46. The van der Waals surface area contributed by atoms with Gasteiger partial charge in [0.2, 0.25) is 0 Å². The summed E-state index contributed by atoms with van der Waals surface area (Å²) in [6.07, 6.45) is 1.76. The first-order chi connectivity index (χ1) is 5.68. The second-order valence-corrected chi connectivity index (χ2v) is 4.22. The Hall–Kier alpha value is -0.610. The molecule has 0 aliphatic rings. The SMILES string of the molecule is CC(C)COCc1cnc(N)s1. The fourth-order valence-corrected chi connectivity index (χ4v) is 1.41. The van der Waals surface area contributed by atoms with Crippen molar-refractivity contribution in [3.63, 3.8) is 0 Å². The van der Waals surface area contributed by atoms with E-state index in [0.717, 1.165) is 11.5 Å². The second kappa shape index (κ2) is 4.42. The van der Waals surface area contributed by atoms with E-state index >= 15 is 0 Å². The molecule has 1 heterocycles. The molecular formula is C8H14N2OS. The van der Waals surface area contributed by atoms with E-state index in [1.54, 1.807) is 6.20 Å². The Kier molecular flexibility index (Phi) is 3.49. The van der Waals surface area contributed by atoms with Crippen molar-refractivity contribution in [1.82, 2.24) is 4.98 Å². The summed E-state index contributed by atoms with van der Waals surface area (Å²) in [6, 6.07) is 0. The highest BCUT2D eigenvalue weighted by Gasteiger charge is 1.99. The number of nitrogen functional groups attached to an aromatic ring is 1. The third kappa shape index (κ3) is 3.19. The standard InChI is InChI=1S/C8H14N2OS/c1-6(2)4-11-5-7-3-10-8(9)12-7/h3,6H,4-5H2,1-2H3,(H2,9,10). The highest BCUT2D eigenvalue weighted by atomic mass is 32.1. The summed E-state index contributed by atoms with van der Waals surface area (Å²) < 4.78 is 5.41.